The largest absolute Gasteiger partial charge is 0.345 e. The van der Waals surface area contributed by atoms with E-state index in [1.165, 1.54) is 11.1 Å². The molecule has 0 bridgehead atoms. The number of aryl methyl sites for hydroxylation is 1. The van der Waals surface area contributed by atoms with Gasteiger partial charge in [-0.2, -0.15) is 0 Å². The molecule has 0 aliphatic carbocycles. The van der Waals surface area contributed by atoms with Crippen LogP contribution in [0.15, 0.2) is 55.3 Å². The molecule has 0 N–H and O–H groups in total. The van der Waals surface area contributed by atoms with Gasteiger partial charge in [-0.05, 0) is 37.5 Å². The molecule has 3 heteroatoms. The summed E-state index contributed by atoms with van der Waals surface area (Å²) in [5, 5.41) is 0. The molecule has 0 fully saturated rings. The summed E-state index contributed by atoms with van der Waals surface area (Å²) in [6.45, 7) is 12.3. The van der Waals surface area contributed by atoms with Crippen LogP contribution in [0.25, 0.3) is 0 Å². The van der Waals surface area contributed by atoms with Gasteiger partial charge >= 0.3 is 0 Å². The topological polar surface area (TPSA) is 25.2 Å². The number of rotatable bonds is 11. The van der Waals surface area contributed by atoms with Crippen molar-refractivity contribution < 1.29 is 4.79 Å². The van der Waals surface area contributed by atoms with E-state index in [0.717, 1.165) is 37.9 Å². The van der Waals surface area contributed by atoms with Crippen molar-refractivity contribution in [3.8, 4) is 0 Å². The molecule has 0 saturated heterocycles. The summed E-state index contributed by atoms with van der Waals surface area (Å²) < 4.78 is 2.24. The number of carbonyl (C=O) groups excluding carboxylic acids is 1. The molecule has 0 spiro atoms. The van der Waals surface area contributed by atoms with Crippen LogP contribution in [0, 0.1) is 12.8 Å². The lowest BCUT2D eigenvalue weighted by atomic mass is 9.97. The van der Waals surface area contributed by atoms with Crippen molar-refractivity contribution in [2.24, 2.45) is 5.92 Å². The first kappa shape index (κ1) is 21.0. The molecule has 1 amide bonds. The van der Waals surface area contributed by atoms with Crippen molar-refractivity contribution in [1.82, 2.24) is 9.47 Å². The minimum atomic E-state index is 0.116. The van der Waals surface area contributed by atoms with Crippen molar-refractivity contribution in [1.29, 1.82) is 0 Å². The molecule has 0 saturated carbocycles. The molecule has 1 atom stereocenters. The van der Waals surface area contributed by atoms with Crippen molar-refractivity contribution in [2.75, 3.05) is 6.54 Å². The molecule has 27 heavy (non-hydrogen) atoms. The van der Waals surface area contributed by atoms with E-state index in [0.29, 0.717) is 13.1 Å². The minimum absolute atomic E-state index is 0.116. The lowest BCUT2D eigenvalue weighted by molar-refractivity contribution is -0.136. The van der Waals surface area contributed by atoms with Crippen LogP contribution in [-0.4, -0.2) is 21.9 Å². The molecular formula is C24H34N2O. The first-order chi connectivity index (χ1) is 13.1. The summed E-state index contributed by atoms with van der Waals surface area (Å²) in [7, 11) is 0. The SMILES string of the molecule is C=CCN(Cc1cccn1Cc1cccc(C)c1)C(=O)[C@H](CC)CCCC. The zero-order chi connectivity index (χ0) is 19.6. The van der Waals surface area contributed by atoms with Crippen LogP contribution < -0.4 is 0 Å². The van der Waals surface area contributed by atoms with Gasteiger partial charge in [0.2, 0.25) is 5.91 Å². The summed E-state index contributed by atoms with van der Waals surface area (Å²) in [5.74, 6) is 0.374. The first-order valence-electron chi connectivity index (χ1n) is 10.2. The van der Waals surface area contributed by atoms with Crippen LogP contribution in [0.1, 0.15) is 56.4 Å². The van der Waals surface area contributed by atoms with Gasteiger partial charge in [0.05, 0.1) is 6.54 Å². The molecule has 1 aromatic carbocycles. The molecule has 2 rings (SSSR count). The zero-order valence-corrected chi connectivity index (χ0v) is 17.2. The van der Waals surface area contributed by atoms with E-state index < -0.39 is 0 Å². The molecule has 0 aliphatic heterocycles. The summed E-state index contributed by atoms with van der Waals surface area (Å²) in [6.07, 6.45) is 8.04. The predicted octanol–water partition coefficient (Wildman–Crippen LogP) is 5.58. The van der Waals surface area contributed by atoms with E-state index in [4.69, 9.17) is 0 Å². The number of aromatic nitrogens is 1. The Morgan fingerprint density at radius 3 is 2.74 bits per heavy atom. The second-order valence-corrected chi connectivity index (χ2v) is 7.37. The zero-order valence-electron chi connectivity index (χ0n) is 17.2. The van der Waals surface area contributed by atoms with Crippen molar-refractivity contribution in [3.05, 3.63) is 72.1 Å². The van der Waals surface area contributed by atoms with Crippen LogP contribution in [0.4, 0.5) is 0 Å². The van der Waals surface area contributed by atoms with Crippen LogP contribution in [0.2, 0.25) is 0 Å². The highest BCUT2D eigenvalue weighted by Gasteiger charge is 2.22. The quantitative estimate of drug-likeness (QED) is 0.477. The summed E-state index contributed by atoms with van der Waals surface area (Å²) in [4.78, 5) is 15.0. The van der Waals surface area contributed by atoms with Gasteiger partial charge < -0.3 is 9.47 Å². The highest BCUT2D eigenvalue weighted by Crippen LogP contribution is 2.19. The predicted molar refractivity (Wildman–Crippen MR) is 114 cm³/mol. The lowest BCUT2D eigenvalue weighted by Gasteiger charge is -2.26. The molecular weight excluding hydrogens is 332 g/mol. The van der Waals surface area contributed by atoms with Crippen molar-refractivity contribution in [3.63, 3.8) is 0 Å². The number of unbranched alkanes of at least 4 members (excludes halogenated alkanes) is 1. The van der Waals surface area contributed by atoms with Crippen LogP contribution >= 0.6 is 0 Å². The Balaban J connectivity index is 2.13. The number of hydrogen-bond donors (Lipinski definition) is 0. The molecule has 2 aromatic rings. The third-order valence-electron chi connectivity index (χ3n) is 5.12. The van der Waals surface area contributed by atoms with E-state index >= 15 is 0 Å². The van der Waals surface area contributed by atoms with Gasteiger partial charge in [0.15, 0.2) is 0 Å². The fourth-order valence-corrected chi connectivity index (χ4v) is 3.55. The Morgan fingerprint density at radius 2 is 2.07 bits per heavy atom. The third-order valence-corrected chi connectivity index (χ3v) is 5.12. The fraction of sp³-hybridized carbons (Fsp3) is 0.458. The van der Waals surface area contributed by atoms with Crippen molar-refractivity contribution >= 4 is 5.91 Å². The second-order valence-electron chi connectivity index (χ2n) is 7.37. The van der Waals surface area contributed by atoms with Gasteiger partial charge in [-0.3, -0.25) is 4.79 Å². The normalized spacial score (nSPS) is 12.0. The van der Waals surface area contributed by atoms with Gasteiger partial charge in [-0.1, -0.05) is 62.6 Å². The Morgan fingerprint density at radius 1 is 1.26 bits per heavy atom. The molecule has 146 valence electrons. The second kappa shape index (κ2) is 10.8. The third kappa shape index (κ3) is 6.13. The highest BCUT2D eigenvalue weighted by molar-refractivity contribution is 5.78. The van der Waals surface area contributed by atoms with Gasteiger partial charge in [-0.25, -0.2) is 0 Å². The number of carbonyl (C=O) groups is 1. The average Bonchev–Trinajstić information content (AvgIpc) is 3.08. The molecule has 0 radical (unpaired) electrons. The summed E-state index contributed by atoms with van der Waals surface area (Å²) in [5.41, 5.74) is 3.71. The standard InChI is InChI=1S/C24H34N2O/c1-5-8-13-22(7-3)24(27)26(15-6-2)19-23-14-10-16-25(23)18-21-12-9-11-20(4)17-21/h6,9-12,14,16-17,22H,2,5,7-8,13,15,18-19H2,1,3-4H3/t22-/m1/s1. The van der Waals surface area contributed by atoms with Gasteiger partial charge in [-0.15, -0.1) is 6.58 Å². The van der Waals surface area contributed by atoms with E-state index in [2.05, 4.69) is 74.5 Å². The van der Waals surface area contributed by atoms with E-state index in [1.807, 2.05) is 11.0 Å². The smallest absolute Gasteiger partial charge is 0.226 e. The Hall–Kier alpha value is -2.29. The van der Waals surface area contributed by atoms with Gasteiger partial charge in [0.1, 0.15) is 0 Å². The molecule has 0 unspecified atom stereocenters. The van der Waals surface area contributed by atoms with E-state index in [1.54, 1.807) is 0 Å². The highest BCUT2D eigenvalue weighted by atomic mass is 16.2. The number of benzene rings is 1. The lowest BCUT2D eigenvalue weighted by Crippen LogP contribution is -2.36. The maximum Gasteiger partial charge on any atom is 0.226 e. The monoisotopic (exact) mass is 366 g/mol. The summed E-state index contributed by atoms with van der Waals surface area (Å²) in [6, 6.07) is 12.8. The number of amides is 1. The maximum absolute atomic E-state index is 13.1. The van der Waals surface area contributed by atoms with Crippen LogP contribution in [0.5, 0.6) is 0 Å². The average molecular weight is 367 g/mol. The Kier molecular flexibility index (Phi) is 8.38. The van der Waals surface area contributed by atoms with Crippen LogP contribution in [0.3, 0.4) is 0 Å². The minimum Gasteiger partial charge on any atom is -0.345 e. The first-order valence-corrected chi connectivity index (χ1v) is 10.2. The van der Waals surface area contributed by atoms with Gasteiger partial charge in [0.25, 0.3) is 0 Å². The number of hydrogen-bond acceptors (Lipinski definition) is 1. The summed E-state index contributed by atoms with van der Waals surface area (Å²) >= 11 is 0. The Bertz CT molecular complexity index is 731. The van der Waals surface area contributed by atoms with Crippen molar-refractivity contribution in [2.45, 2.75) is 59.5 Å². The fourth-order valence-electron chi connectivity index (χ4n) is 3.55. The molecule has 0 aliphatic rings. The van der Waals surface area contributed by atoms with Crippen LogP contribution in [-0.2, 0) is 17.9 Å². The van der Waals surface area contributed by atoms with E-state index in [9.17, 15) is 4.79 Å². The van der Waals surface area contributed by atoms with E-state index in [-0.39, 0.29) is 11.8 Å². The molecule has 1 aromatic heterocycles. The molecule has 1 heterocycles. The van der Waals surface area contributed by atoms with Gasteiger partial charge in [0, 0.05) is 30.9 Å². The number of nitrogens with zero attached hydrogens (tertiary/aromatic N) is 2. The molecule has 3 nitrogen and oxygen atoms in total. The maximum atomic E-state index is 13.1. The Labute approximate surface area is 164 Å².